The zero-order valence-electron chi connectivity index (χ0n) is 12.5. The maximum atomic E-state index is 4.50. The van der Waals surface area contributed by atoms with E-state index in [9.17, 15) is 0 Å². The maximum Gasteiger partial charge on any atom is 0.224 e. The van der Waals surface area contributed by atoms with Crippen LogP contribution in [0.1, 0.15) is 46.0 Å². The quantitative estimate of drug-likeness (QED) is 0.810. The summed E-state index contributed by atoms with van der Waals surface area (Å²) in [6.07, 6.45) is 8.60. The van der Waals surface area contributed by atoms with Gasteiger partial charge in [-0.2, -0.15) is 4.98 Å². The molecule has 5 heteroatoms. The van der Waals surface area contributed by atoms with E-state index in [1.54, 1.807) is 6.20 Å². The fourth-order valence-electron chi connectivity index (χ4n) is 2.82. The van der Waals surface area contributed by atoms with Gasteiger partial charge < -0.3 is 10.6 Å². The van der Waals surface area contributed by atoms with E-state index in [4.69, 9.17) is 0 Å². The first-order valence-electron chi connectivity index (χ1n) is 7.73. The smallest absolute Gasteiger partial charge is 0.224 e. The minimum absolute atomic E-state index is 0.688. The van der Waals surface area contributed by atoms with Gasteiger partial charge in [0.1, 0.15) is 5.82 Å². The molecular weight excluding hydrogens is 316 g/mol. The summed E-state index contributed by atoms with van der Waals surface area (Å²) in [6.45, 7) is 6.20. The van der Waals surface area contributed by atoms with Crippen LogP contribution < -0.4 is 10.6 Å². The first-order valence-corrected chi connectivity index (χ1v) is 8.52. The van der Waals surface area contributed by atoms with Gasteiger partial charge in [-0.1, -0.05) is 26.2 Å². The minimum Gasteiger partial charge on any atom is -0.369 e. The van der Waals surface area contributed by atoms with Crippen molar-refractivity contribution in [3.63, 3.8) is 0 Å². The summed E-state index contributed by atoms with van der Waals surface area (Å²) < 4.78 is 0.932. The Balaban J connectivity index is 1.86. The minimum atomic E-state index is 0.688. The molecule has 0 amide bonds. The fraction of sp³-hybridized carbons (Fsp3) is 0.733. The van der Waals surface area contributed by atoms with Crippen LogP contribution >= 0.6 is 15.9 Å². The summed E-state index contributed by atoms with van der Waals surface area (Å²) in [4.78, 5) is 8.73. The van der Waals surface area contributed by atoms with Crippen LogP contribution in [0.3, 0.4) is 0 Å². The topological polar surface area (TPSA) is 49.8 Å². The lowest BCUT2D eigenvalue weighted by molar-refractivity contribution is 0.278. The Bertz CT molecular complexity index is 416. The van der Waals surface area contributed by atoms with Crippen molar-refractivity contribution >= 4 is 27.7 Å². The van der Waals surface area contributed by atoms with E-state index in [2.05, 4.69) is 43.5 Å². The Morgan fingerprint density at radius 1 is 1.15 bits per heavy atom. The number of hydrogen-bond acceptors (Lipinski definition) is 4. The third-order valence-electron chi connectivity index (χ3n) is 4.18. The monoisotopic (exact) mass is 340 g/mol. The van der Waals surface area contributed by atoms with Crippen molar-refractivity contribution in [2.75, 3.05) is 23.7 Å². The molecule has 4 nitrogen and oxygen atoms in total. The van der Waals surface area contributed by atoms with Gasteiger partial charge in [0.15, 0.2) is 0 Å². The van der Waals surface area contributed by atoms with E-state index in [0.717, 1.165) is 35.2 Å². The number of anilines is 2. The molecule has 1 heterocycles. The second-order valence-electron chi connectivity index (χ2n) is 5.60. The van der Waals surface area contributed by atoms with Gasteiger partial charge in [-0.3, -0.25) is 0 Å². The summed E-state index contributed by atoms with van der Waals surface area (Å²) in [7, 11) is 0. The molecule has 0 aliphatic heterocycles. The molecule has 112 valence electrons. The highest BCUT2D eigenvalue weighted by molar-refractivity contribution is 9.10. The van der Waals surface area contributed by atoms with Crippen LogP contribution in [0.25, 0.3) is 0 Å². The first-order chi connectivity index (χ1) is 9.72. The first kappa shape index (κ1) is 15.5. The van der Waals surface area contributed by atoms with Crippen LogP contribution in [-0.2, 0) is 0 Å². The van der Waals surface area contributed by atoms with Gasteiger partial charge in [0.05, 0.1) is 4.47 Å². The molecule has 1 aromatic rings. The summed E-state index contributed by atoms with van der Waals surface area (Å²) >= 11 is 3.51. The van der Waals surface area contributed by atoms with Crippen molar-refractivity contribution in [2.24, 2.45) is 11.8 Å². The van der Waals surface area contributed by atoms with Crippen LogP contribution in [0.2, 0.25) is 0 Å². The third kappa shape index (κ3) is 4.33. The average molecular weight is 341 g/mol. The van der Waals surface area contributed by atoms with Crippen molar-refractivity contribution in [3.8, 4) is 0 Å². The van der Waals surface area contributed by atoms with Gasteiger partial charge in [0, 0.05) is 19.3 Å². The molecule has 0 spiro atoms. The zero-order chi connectivity index (χ0) is 14.4. The molecule has 20 heavy (non-hydrogen) atoms. The predicted molar refractivity (Wildman–Crippen MR) is 88.1 cm³/mol. The van der Waals surface area contributed by atoms with Crippen LogP contribution in [0.5, 0.6) is 0 Å². The zero-order valence-corrected chi connectivity index (χ0v) is 14.0. The Labute approximate surface area is 130 Å². The molecule has 1 aliphatic carbocycles. The van der Waals surface area contributed by atoms with Crippen LogP contribution in [0.4, 0.5) is 11.8 Å². The number of nitrogens with one attached hydrogen (secondary N) is 2. The number of hydrogen-bond donors (Lipinski definition) is 2. The van der Waals surface area contributed by atoms with Crippen LogP contribution in [0, 0.1) is 11.8 Å². The molecule has 2 N–H and O–H groups in total. The standard InChI is InChI=1S/C15H25BrN4/c1-3-11-5-7-12(8-6-11)9-18-14-13(16)10-19-15(20-14)17-4-2/h10-12H,3-9H2,1-2H3,(H2,17,18,19,20). The molecule has 0 aromatic carbocycles. The lowest BCUT2D eigenvalue weighted by Gasteiger charge is -2.28. The lowest BCUT2D eigenvalue weighted by atomic mass is 9.81. The normalized spacial score (nSPS) is 22.6. The van der Waals surface area contributed by atoms with E-state index in [0.29, 0.717) is 5.95 Å². The number of aromatic nitrogens is 2. The summed E-state index contributed by atoms with van der Waals surface area (Å²) in [5.74, 6) is 3.32. The highest BCUT2D eigenvalue weighted by Crippen LogP contribution is 2.31. The molecule has 0 bridgehead atoms. The highest BCUT2D eigenvalue weighted by atomic mass is 79.9. The SMILES string of the molecule is CCNc1ncc(Br)c(NCC2CCC(CC)CC2)n1. The lowest BCUT2D eigenvalue weighted by Crippen LogP contribution is -2.21. The van der Waals surface area contributed by atoms with Gasteiger partial charge in [-0.05, 0) is 47.5 Å². The second kappa shape index (κ2) is 7.81. The molecule has 1 aliphatic rings. The maximum absolute atomic E-state index is 4.50. The number of halogens is 1. The van der Waals surface area contributed by atoms with E-state index in [1.165, 1.54) is 32.1 Å². The molecule has 1 fully saturated rings. The van der Waals surface area contributed by atoms with Crippen molar-refractivity contribution in [2.45, 2.75) is 46.0 Å². The Kier molecular flexibility index (Phi) is 6.07. The molecule has 1 aromatic heterocycles. The van der Waals surface area contributed by atoms with Crippen LogP contribution in [-0.4, -0.2) is 23.1 Å². The van der Waals surface area contributed by atoms with Gasteiger partial charge in [0.2, 0.25) is 5.95 Å². The summed E-state index contributed by atoms with van der Waals surface area (Å²) in [6, 6.07) is 0. The molecule has 0 radical (unpaired) electrons. The predicted octanol–water partition coefficient (Wildman–Crippen LogP) is 4.30. The molecule has 0 atom stereocenters. The Morgan fingerprint density at radius 3 is 2.50 bits per heavy atom. The summed E-state index contributed by atoms with van der Waals surface area (Å²) in [5.41, 5.74) is 0. The fourth-order valence-corrected chi connectivity index (χ4v) is 3.15. The molecular formula is C15H25BrN4. The van der Waals surface area contributed by atoms with E-state index >= 15 is 0 Å². The third-order valence-corrected chi connectivity index (χ3v) is 4.76. The number of nitrogens with zero attached hydrogens (tertiary/aromatic N) is 2. The second-order valence-corrected chi connectivity index (χ2v) is 6.45. The molecule has 1 saturated carbocycles. The number of rotatable bonds is 6. The Morgan fingerprint density at radius 2 is 1.85 bits per heavy atom. The van der Waals surface area contributed by atoms with Gasteiger partial charge in [-0.15, -0.1) is 0 Å². The van der Waals surface area contributed by atoms with E-state index in [-0.39, 0.29) is 0 Å². The van der Waals surface area contributed by atoms with Gasteiger partial charge in [-0.25, -0.2) is 4.98 Å². The highest BCUT2D eigenvalue weighted by Gasteiger charge is 2.20. The van der Waals surface area contributed by atoms with Crippen molar-refractivity contribution < 1.29 is 0 Å². The van der Waals surface area contributed by atoms with Crippen molar-refractivity contribution in [1.82, 2.24) is 9.97 Å². The molecule has 0 unspecified atom stereocenters. The van der Waals surface area contributed by atoms with Gasteiger partial charge >= 0.3 is 0 Å². The van der Waals surface area contributed by atoms with Gasteiger partial charge in [0.25, 0.3) is 0 Å². The largest absolute Gasteiger partial charge is 0.369 e. The van der Waals surface area contributed by atoms with E-state index in [1.807, 2.05) is 6.92 Å². The molecule has 0 saturated heterocycles. The average Bonchev–Trinajstić information content (AvgIpc) is 2.48. The summed E-state index contributed by atoms with van der Waals surface area (Å²) in [5, 5.41) is 6.62. The van der Waals surface area contributed by atoms with Crippen molar-refractivity contribution in [1.29, 1.82) is 0 Å². The Hall–Kier alpha value is -0.840. The van der Waals surface area contributed by atoms with E-state index < -0.39 is 0 Å². The van der Waals surface area contributed by atoms with Crippen LogP contribution in [0.15, 0.2) is 10.7 Å². The molecule has 2 rings (SSSR count). The van der Waals surface area contributed by atoms with Crippen molar-refractivity contribution in [3.05, 3.63) is 10.7 Å².